The topological polar surface area (TPSA) is 78.0 Å². The van der Waals surface area contributed by atoms with Gasteiger partial charge in [0.2, 0.25) is 15.9 Å². The SMILES string of the molecule is CCN(CC)C(=O)CN(C)C(=O)c1ccccc1S(=O)(=O)N1CCCCC1. The monoisotopic (exact) mass is 395 g/mol. The summed E-state index contributed by atoms with van der Waals surface area (Å²) in [6.45, 7) is 5.75. The number of carbonyl (C=O) groups is 2. The van der Waals surface area contributed by atoms with Gasteiger partial charge in [-0.15, -0.1) is 0 Å². The standard InChI is InChI=1S/C19H29N3O4S/c1-4-21(5-2)18(23)15-20(3)19(24)16-11-7-8-12-17(16)27(25,26)22-13-9-6-10-14-22/h7-8,11-12H,4-6,9-10,13-15H2,1-3H3. The molecule has 0 bridgehead atoms. The lowest BCUT2D eigenvalue weighted by Crippen LogP contribution is -2.42. The van der Waals surface area contributed by atoms with E-state index in [9.17, 15) is 18.0 Å². The number of piperidine rings is 1. The fourth-order valence-corrected chi connectivity index (χ4v) is 4.97. The Kier molecular flexibility index (Phi) is 7.38. The van der Waals surface area contributed by atoms with Crippen LogP contribution in [0.25, 0.3) is 0 Å². The second kappa shape index (κ2) is 9.32. The third-order valence-electron chi connectivity index (χ3n) is 4.89. The number of sulfonamides is 1. The van der Waals surface area contributed by atoms with Crippen molar-refractivity contribution in [1.82, 2.24) is 14.1 Å². The van der Waals surface area contributed by atoms with Crippen LogP contribution in [0.1, 0.15) is 43.5 Å². The zero-order chi connectivity index (χ0) is 20.0. The van der Waals surface area contributed by atoms with Crippen LogP contribution in [0.4, 0.5) is 0 Å². The molecule has 1 aliphatic rings. The lowest BCUT2D eigenvalue weighted by Gasteiger charge is -2.27. The smallest absolute Gasteiger partial charge is 0.255 e. The maximum atomic E-state index is 13.0. The van der Waals surface area contributed by atoms with E-state index >= 15 is 0 Å². The molecule has 0 radical (unpaired) electrons. The Hall–Kier alpha value is -1.93. The third kappa shape index (κ3) is 4.87. The van der Waals surface area contributed by atoms with Gasteiger partial charge in [0.1, 0.15) is 0 Å². The molecule has 7 nitrogen and oxygen atoms in total. The number of hydrogen-bond donors (Lipinski definition) is 0. The molecule has 0 atom stereocenters. The van der Waals surface area contributed by atoms with Crippen LogP contribution in [0, 0.1) is 0 Å². The van der Waals surface area contributed by atoms with Crippen molar-refractivity contribution < 1.29 is 18.0 Å². The first-order chi connectivity index (χ1) is 12.8. The van der Waals surface area contributed by atoms with Gasteiger partial charge >= 0.3 is 0 Å². The number of hydrogen-bond acceptors (Lipinski definition) is 4. The third-order valence-corrected chi connectivity index (χ3v) is 6.84. The van der Waals surface area contributed by atoms with Crippen LogP contribution in [0.2, 0.25) is 0 Å². The summed E-state index contributed by atoms with van der Waals surface area (Å²) in [6, 6.07) is 6.24. The van der Waals surface area contributed by atoms with E-state index in [4.69, 9.17) is 0 Å². The molecule has 27 heavy (non-hydrogen) atoms. The van der Waals surface area contributed by atoms with Crippen molar-refractivity contribution in [3.05, 3.63) is 29.8 Å². The number of nitrogens with zero attached hydrogens (tertiary/aromatic N) is 3. The van der Waals surface area contributed by atoms with Crippen molar-refractivity contribution in [3.63, 3.8) is 0 Å². The van der Waals surface area contributed by atoms with E-state index in [2.05, 4.69) is 0 Å². The summed E-state index contributed by atoms with van der Waals surface area (Å²) >= 11 is 0. The van der Waals surface area contributed by atoms with Crippen molar-refractivity contribution in [1.29, 1.82) is 0 Å². The summed E-state index contributed by atoms with van der Waals surface area (Å²) in [5, 5.41) is 0. The van der Waals surface area contributed by atoms with Crippen LogP contribution in [-0.4, -0.2) is 74.1 Å². The first kappa shape index (κ1) is 21.4. The Morgan fingerprint density at radius 1 is 1.04 bits per heavy atom. The summed E-state index contributed by atoms with van der Waals surface area (Å²) in [5.41, 5.74) is 0.109. The molecule has 1 aromatic rings. The fraction of sp³-hybridized carbons (Fsp3) is 0.579. The average molecular weight is 396 g/mol. The van der Waals surface area contributed by atoms with Gasteiger partial charge in [-0.25, -0.2) is 8.42 Å². The second-order valence-electron chi connectivity index (χ2n) is 6.69. The van der Waals surface area contributed by atoms with E-state index in [0.29, 0.717) is 26.2 Å². The van der Waals surface area contributed by atoms with Crippen LogP contribution >= 0.6 is 0 Å². The van der Waals surface area contributed by atoms with Crippen LogP contribution < -0.4 is 0 Å². The molecule has 0 unspecified atom stereocenters. The molecule has 1 aromatic carbocycles. The van der Waals surface area contributed by atoms with E-state index in [1.54, 1.807) is 17.0 Å². The van der Waals surface area contributed by atoms with Gasteiger partial charge in [0.15, 0.2) is 0 Å². The summed E-state index contributed by atoms with van der Waals surface area (Å²) in [5.74, 6) is -0.626. The number of rotatable bonds is 7. The van der Waals surface area contributed by atoms with Gasteiger partial charge in [-0.3, -0.25) is 9.59 Å². The molecule has 1 saturated heterocycles. The fourth-order valence-electron chi connectivity index (χ4n) is 3.27. The van der Waals surface area contributed by atoms with Gasteiger partial charge in [-0.1, -0.05) is 18.6 Å². The van der Waals surface area contributed by atoms with Gasteiger partial charge in [0, 0.05) is 33.2 Å². The van der Waals surface area contributed by atoms with E-state index in [0.717, 1.165) is 19.3 Å². The molecule has 1 aliphatic heterocycles. The van der Waals surface area contributed by atoms with Crippen LogP contribution in [0.5, 0.6) is 0 Å². The zero-order valence-electron chi connectivity index (χ0n) is 16.3. The molecule has 0 aliphatic carbocycles. The highest BCUT2D eigenvalue weighted by Crippen LogP contribution is 2.24. The molecule has 0 aromatic heterocycles. The summed E-state index contributed by atoms with van der Waals surface area (Å²) < 4.78 is 27.5. The molecule has 0 spiro atoms. The molecule has 1 fully saturated rings. The minimum atomic E-state index is -3.73. The molecule has 1 heterocycles. The van der Waals surface area contributed by atoms with E-state index in [-0.39, 0.29) is 22.9 Å². The number of amides is 2. The van der Waals surface area contributed by atoms with Crippen LogP contribution in [0.15, 0.2) is 29.2 Å². The highest BCUT2D eigenvalue weighted by molar-refractivity contribution is 7.89. The largest absolute Gasteiger partial charge is 0.342 e. The van der Waals surface area contributed by atoms with Crippen molar-refractivity contribution in [2.24, 2.45) is 0 Å². The van der Waals surface area contributed by atoms with Gasteiger partial charge in [0.25, 0.3) is 5.91 Å². The van der Waals surface area contributed by atoms with Crippen molar-refractivity contribution in [3.8, 4) is 0 Å². The summed E-state index contributed by atoms with van der Waals surface area (Å²) in [6.07, 6.45) is 2.67. The Morgan fingerprint density at radius 3 is 2.22 bits per heavy atom. The highest BCUT2D eigenvalue weighted by Gasteiger charge is 2.31. The van der Waals surface area contributed by atoms with Crippen LogP contribution in [-0.2, 0) is 14.8 Å². The molecule has 2 amide bonds. The summed E-state index contributed by atoms with van der Waals surface area (Å²) in [4.78, 5) is 28.1. The molecule has 8 heteroatoms. The molecular weight excluding hydrogens is 366 g/mol. The van der Waals surface area contributed by atoms with Crippen molar-refractivity contribution in [2.75, 3.05) is 39.8 Å². The molecule has 2 rings (SSSR count). The van der Waals surface area contributed by atoms with E-state index in [1.165, 1.54) is 28.4 Å². The Balaban J connectivity index is 2.26. The van der Waals surface area contributed by atoms with Gasteiger partial charge in [-0.2, -0.15) is 4.31 Å². The first-order valence-electron chi connectivity index (χ1n) is 9.45. The predicted octanol–water partition coefficient (Wildman–Crippen LogP) is 1.80. The zero-order valence-corrected chi connectivity index (χ0v) is 17.2. The number of benzene rings is 1. The maximum absolute atomic E-state index is 13.0. The lowest BCUT2D eigenvalue weighted by molar-refractivity contribution is -0.131. The molecule has 0 N–H and O–H groups in total. The van der Waals surface area contributed by atoms with Crippen LogP contribution in [0.3, 0.4) is 0 Å². The molecule has 0 saturated carbocycles. The molecular formula is C19H29N3O4S. The lowest BCUT2D eigenvalue weighted by atomic mass is 10.2. The Morgan fingerprint density at radius 2 is 1.63 bits per heavy atom. The minimum absolute atomic E-state index is 0.0130. The number of likely N-dealkylation sites (N-methyl/N-ethyl adjacent to an activating group) is 2. The van der Waals surface area contributed by atoms with Crippen molar-refractivity contribution in [2.45, 2.75) is 38.0 Å². The second-order valence-corrected chi connectivity index (χ2v) is 8.59. The Labute approximate surface area is 162 Å². The Bertz CT molecular complexity index is 769. The van der Waals surface area contributed by atoms with Crippen molar-refractivity contribution >= 4 is 21.8 Å². The summed E-state index contributed by atoms with van der Waals surface area (Å²) in [7, 11) is -2.21. The van der Waals surface area contributed by atoms with E-state index < -0.39 is 15.9 Å². The normalized spacial score (nSPS) is 15.4. The number of carbonyl (C=O) groups excluding carboxylic acids is 2. The maximum Gasteiger partial charge on any atom is 0.255 e. The molecule has 150 valence electrons. The average Bonchev–Trinajstić information content (AvgIpc) is 2.69. The first-order valence-corrected chi connectivity index (χ1v) is 10.9. The quantitative estimate of drug-likeness (QED) is 0.705. The van der Waals surface area contributed by atoms with Gasteiger partial charge < -0.3 is 9.80 Å². The minimum Gasteiger partial charge on any atom is -0.342 e. The predicted molar refractivity (Wildman–Crippen MR) is 104 cm³/mol. The van der Waals surface area contributed by atoms with E-state index in [1.807, 2.05) is 13.8 Å². The highest BCUT2D eigenvalue weighted by atomic mass is 32.2. The van der Waals surface area contributed by atoms with Gasteiger partial charge in [-0.05, 0) is 38.8 Å². The van der Waals surface area contributed by atoms with Gasteiger partial charge in [0.05, 0.1) is 17.0 Å².